The zero-order valence-electron chi connectivity index (χ0n) is 13.6. The van der Waals surface area contributed by atoms with E-state index in [9.17, 15) is 14.4 Å². The Morgan fingerprint density at radius 2 is 1.74 bits per heavy atom. The Morgan fingerprint density at radius 1 is 1.13 bits per heavy atom. The van der Waals surface area contributed by atoms with Crippen LogP contribution < -0.4 is 0 Å². The van der Waals surface area contributed by atoms with Crippen LogP contribution in [0.4, 0.5) is 0 Å². The van der Waals surface area contributed by atoms with Gasteiger partial charge in [0.05, 0.1) is 12.5 Å². The van der Waals surface area contributed by atoms with E-state index in [-0.39, 0.29) is 32.3 Å². The standard InChI is InChI=1S/C15H24O8/c1-4-12(18)22-10-8-21-15(20-3)9(6-7-11(16)17)14(10)23-13(19)5-2/h9-10,14-15H,4-8H2,1-3H3,(H,16,17)/t9-,10-,14+,15-/m1/s1. The Bertz CT molecular complexity index is 422. The van der Waals surface area contributed by atoms with E-state index in [0.29, 0.717) is 0 Å². The summed E-state index contributed by atoms with van der Waals surface area (Å²) in [5.41, 5.74) is 0. The van der Waals surface area contributed by atoms with Crippen LogP contribution in [0.3, 0.4) is 0 Å². The molecule has 0 amide bonds. The van der Waals surface area contributed by atoms with Crippen molar-refractivity contribution in [2.75, 3.05) is 13.7 Å². The number of methoxy groups -OCH3 is 1. The summed E-state index contributed by atoms with van der Waals surface area (Å²) in [6, 6.07) is 0. The fourth-order valence-electron chi connectivity index (χ4n) is 2.42. The Kier molecular flexibility index (Phi) is 7.97. The van der Waals surface area contributed by atoms with Gasteiger partial charge in [0.25, 0.3) is 0 Å². The van der Waals surface area contributed by atoms with Crippen molar-refractivity contribution >= 4 is 17.9 Å². The zero-order chi connectivity index (χ0) is 17.4. The molecule has 0 radical (unpaired) electrons. The van der Waals surface area contributed by atoms with Crippen LogP contribution in [0, 0.1) is 5.92 Å². The molecule has 1 N–H and O–H groups in total. The van der Waals surface area contributed by atoms with Crippen LogP contribution in [0.5, 0.6) is 0 Å². The quantitative estimate of drug-likeness (QED) is 0.659. The van der Waals surface area contributed by atoms with Gasteiger partial charge in [-0.15, -0.1) is 0 Å². The number of hydrogen-bond acceptors (Lipinski definition) is 7. The van der Waals surface area contributed by atoms with E-state index in [1.807, 2.05) is 0 Å². The molecule has 0 saturated carbocycles. The van der Waals surface area contributed by atoms with Gasteiger partial charge < -0.3 is 24.1 Å². The van der Waals surface area contributed by atoms with Gasteiger partial charge in [-0.05, 0) is 6.42 Å². The molecule has 1 rings (SSSR count). The smallest absolute Gasteiger partial charge is 0.305 e. The lowest BCUT2D eigenvalue weighted by atomic mass is 9.90. The van der Waals surface area contributed by atoms with Crippen molar-refractivity contribution < 1.29 is 38.4 Å². The van der Waals surface area contributed by atoms with E-state index in [4.69, 9.17) is 24.1 Å². The van der Waals surface area contributed by atoms with Gasteiger partial charge in [0.1, 0.15) is 6.10 Å². The molecule has 0 aliphatic carbocycles. The summed E-state index contributed by atoms with van der Waals surface area (Å²) in [7, 11) is 1.43. The Morgan fingerprint density at radius 3 is 2.26 bits per heavy atom. The molecule has 1 fully saturated rings. The maximum Gasteiger partial charge on any atom is 0.305 e. The predicted molar refractivity (Wildman–Crippen MR) is 77.5 cm³/mol. The third-order valence-electron chi connectivity index (χ3n) is 3.61. The fourth-order valence-corrected chi connectivity index (χ4v) is 2.42. The molecule has 1 saturated heterocycles. The normalized spacial score (nSPS) is 27.3. The molecule has 0 aromatic carbocycles. The van der Waals surface area contributed by atoms with Gasteiger partial charge >= 0.3 is 17.9 Å². The molecule has 132 valence electrons. The van der Waals surface area contributed by atoms with Crippen molar-refractivity contribution in [3.8, 4) is 0 Å². The van der Waals surface area contributed by atoms with Gasteiger partial charge in [-0.2, -0.15) is 0 Å². The Balaban J connectivity index is 2.94. The number of aliphatic carboxylic acids is 1. The molecule has 1 heterocycles. The van der Waals surface area contributed by atoms with Crippen molar-refractivity contribution in [1.29, 1.82) is 0 Å². The minimum atomic E-state index is -0.979. The molecule has 8 nitrogen and oxygen atoms in total. The van der Waals surface area contributed by atoms with Crippen molar-refractivity contribution in [2.45, 2.75) is 58.0 Å². The highest BCUT2D eigenvalue weighted by atomic mass is 16.7. The van der Waals surface area contributed by atoms with Gasteiger partial charge in [0, 0.05) is 26.4 Å². The lowest BCUT2D eigenvalue weighted by molar-refractivity contribution is -0.254. The summed E-state index contributed by atoms with van der Waals surface area (Å²) >= 11 is 0. The van der Waals surface area contributed by atoms with Crippen LogP contribution in [0.25, 0.3) is 0 Å². The van der Waals surface area contributed by atoms with Gasteiger partial charge in [-0.1, -0.05) is 13.8 Å². The van der Waals surface area contributed by atoms with Crippen molar-refractivity contribution in [1.82, 2.24) is 0 Å². The van der Waals surface area contributed by atoms with Crippen LogP contribution >= 0.6 is 0 Å². The highest BCUT2D eigenvalue weighted by Crippen LogP contribution is 2.31. The second kappa shape index (κ2) is 9.46. The third-order valence-corrected chi connectivity index (χ3v) is 3.61. The van der Waals surface area contributed by atoms with Crippen LogP contribution in [0.1, 0.15) is 39.5 Å². The van der Waals surface area contributed by atoms with Gasteiger partial charge in [0.2, 0.25) is 0 Å². The topological polar surface area (TPSA) is 108 Å². The summed E-state index contributed by atoms with van der Waals surface area (Å²) in [6.07, 6.45) is -1.91. The first-order chi connectivity index (χ1) is 10.9. The molecule has 8 heteroatoms. The Labute approximate surface area is 135 Å². The summed E-state index contributed by atoms with van der Waals surface area (Å²) in [6.45, 7) is 3.32. The molecular formula is C15H24O8. The van der Waals surface area contributed by atoms with Crippen LogP contribution in [0.15, 0.2) is 0 Å². The van der Waals surface area contributed by atoms with E-state index in [1.54, 1.807) is 13.8 Å². The second-order valence-corrected chi connectivity index (χ2v) is 5.22. The van der Waals surface area contributed by atoms with Gasteiger partial charge in [0.15, 0.2) is 12.4 Å². The summed E-state index contributed by atoms with van der Waals surface area (Å²) in [4.78, 5) is 34.1. The van der Waals surface area contributed by atoms with Crippen molar-refractivity contribution in [3.05, 3.63) is 0 Å². The first kappa shape index (κ1) is 19.4. The maximum absolute atomic E-state index is 11.7. The predicted octanol–water partition coefficient (Wildman–Crippen LogP) is 1.11. The maximum atomic E-state index is 11.7. The fraction of sp³-hybridized carbons (Fsp3) is 0.800. The van der Waals surface area contributed by atoms with Crippen molar-refractivity contribution in [2.24, 2.45) is 5.92 Å². The highest BCUT2D eigenvalue weighted by molar-refractivity contribution is 5.70. The van der Waals surface area contributed by atoms with E-state index >= 15 is 0 Å². The average Bonchev–Trinajstić information content (AvgIpc) is 2.54. The Hall–Kier alpha value is -1.67. The van der Waals surface area contributed by atoms with Gasteiger partial charge in [-0.3, -0.25) is 14.4 Å². The number of carbonyl (C=O) groups excluding carboxylic acids is 2. The van der Waals surface area contributed by atoms with E-state index in [2.05, 4.69) is 0 Å². The lowest BCUT2D eigenvalue weighted by Gasteiger charge is -2.40. The highest BCUT2D eigenvalue weighted by Gasteiger charge is 2.44. The van der Waals surface area contributed by atoms with Crippen molar-refractivity contribution in [3.63, 3.8) is 0 Å². The molecule has 0 bridgehead atoms. The molecule has 0 aromatic heterocycles. The second-order valence-electron chi connectivity index (χ2n) is 5.22. The SMILES string of the molecule is CCC(=O)O[C@H]1[C@@H](CCC(=O)O)[C@H](OC)OC[C@H]1OC(=O)CC. The molecule has 1 aliphatic heterocycles. The molecule has 4 atom stereocenters. The molecule has 1 aliphatic rings. The largest absolute Gasteiger partial charge is 0.481 e. The number of rotatable bonds is 8. The first-order valence-electron chi connectivity index (χ1n) is 7.68. The molecule has 0 unspecified atom stereocenters. The summed E-state index contributed by atoms with van der Waals surface area (Å²) < 4.78 is 21.4. The summed E-state index contributed by atoms with van der Waals surface area (Å²) in [5.74, 6) is -2.41. The van der Waals surface area contributed by atoms with Gasteiger partial charge in [-0.25, -0.2) is 0 Å². The summed E-state index contributed by atoms with van der Waals surface area (Å²) in [5, 5.41) is 8.89. The number of hydrogen-bond donors (Lipinski definition) is 1. The molecule has 23 heavy (non-hydrogen) atoms. The van der Waals surface area contributed by atoms with Crippen LogP contribution in [-0.2, 0) is 33.3 Å². The number of carbonyl (C=O) groups is 3. The average molecular weight is 332 g/mol. The molecule has 0 spiro atoms. The number of carboxylic acids is 1. The third kappa shape index (κ3) is 5.80. The molecule has 0 aromatic rings. The first-order valence-corrected chi connectivity index (χ1v) is 7.68. The van der Waals surface area contributed by atoms with E-state index in [1.165, 1.54) is 7.11 Å². The number of esters is 2. The number of carboxylic acid groups (broad SMARTS) is 1. The van der Waals surface area contributed by atoms with Crippen LogP contribution in [0.2, 0.25) is 0 Å². The number of ether oxygens (including phenoxy) is 4. The zero-order valence-corrected chi connectivity index (χ0v) is 13.6. The lowest BCUT2D eigenvalue weighted by Crippen LogP contribution is -2.53. The monoisotopic (exact) mass is 332 g/mol. The minimum Gasteiger partial charge on any atom is -0.481 e. The van der Waals surface area contributed by atoms with E-state index in [0.717, 1.165) is 0 Å². The van der Waals surface area contributed by atoms with Crippen LogP contribution in [-0.4, -0.2) is 55.2 Å². The minimum absolute atomic E-state index is 0.0233. The van der Waals surface area contributed by atoms with E-state index < -0.39 is 42.3 Å². The molecular weight excluding hydrogens is 308 g/mol.